The van der Waals surface area contributed by atoms with Gasteiger partial charge in [-0.25, -0.2) is 0 Å². The molecule has 6 heteroatoms. The summed E-state index contributed by atoms with van der Waals surface area (Å²) in [5.41, 5.74) is 4.83. The summed E-state index contributed by atoms with van der Waals surface area (Å²) in [6.45, 7) is 6.69. The van der Waals surface area contributed by atoms with Crippen molar-refractivity contribution in [2.75, 3.05) is 39.9 Å². The lowest BCUT2D eigenvalue weighted by molar-refractivity contribution is 0.0922. The number of piperidine rings is 1. The predicted molar refractivity (Wildman–Crippen MR) is 120 cm³/mol. The first-order chi connectivity index (χ1) is 14.7. The highest BCUT2D eigenvalue weighted by Gasteiger charge is 2.21. The van der Waals surface area contributed by atoms with E-state index in [1.165, 1.54) is 11.1 Å². The second kappa shape index (κ2) is 9.41. The van der Waals surface area contributed by atoms with E-state index >= 15 is 0 Å². The van der Waals surface area contributed by atoms with Gasteiger partial charge in [0.25, 0.3) is 5.91 Å². The highest BCUT2D eigenvalue weighted by molar-refractivity contribution is 6.05. The van der Waals surface area contributed by atoms with E-state index < -0.39 is 0 Å². The van der Waals surface area contributed by atoms with Crippen molar-refractivity contribution in [1.29, 1.82) is 0 Å². The Balaban J connectivity index is 1.41. The molecular weight excluding hydrogens is 376 g/mol. The van der Waals surface area contributed by atoms with Gasteiger partial charge in [-0.3, -0.25) is 9.89 Å². The van der Waals surface area contributed by atoms with Crippen molar-refractivity contribution >= 4 is 16.8 Å². The van der Waals surface area contributed by atoms with E-state index in [0.717, 1.165) is 55.5 Å². The number of nitrogens with one attached hydrogen (secondary N) is 2. The van der Waals surface area contributed by atoms with Crippen LogP contribution in [0.15, 0.2) is 42.5 Å². The van der Waals surface area contributed by atoms with Crippen LogP contribution in [0.3, 0.4) is 0 Å². The molecule has 1 fully saturated rings. The molecule has 3 aromatic rings. The second-order valence-electron chi connectivity index (χ2n) is 8.14. The number of fused-ring (bicyclic) bond motifs is 1. The molecule has 4 rings (SSSR count). The number of hydrogen-bond acceptors (Lipinski definition) is 4. The molecule has 1 aliphatic rings. The van der Waals surface area contributed by atoms with Crippen LogP contribution in [0.1, 0.15) is 28.9 Å². The first kappa shape index (κ1) is 20.6. The van der Waals surface area contributed by atoms with Crippen LogP contribution in [-0.2, 0) is 4.74 Å². The maximum absolute atomic E-state index is 12.9. The normalized spacial score (nSPS) is 15.5. The Labute approximate surface area is 177 Å². The maximum atomic E-state index is 12.9. The van der Waals surface area contributed by atoms with E-state index in [0.29, 0.717) is 18.2 Å². The highest BCUT2D eigenvalue weighted by atomic mass is 16.5. The predicted octanol–water partition coefficient (Wildman–Crippen LogP) is 3.63. The molecule has 6 nitrogen and oxygen atoms in total. The molecule has 0 aliphatic carbocycles. The third kappa shape index (κ3) is 4.55. The number of aromatic amines is 1. The molecule has 158 valence electrons. The van der Waals surface area contributed by atoms with Gasteiger partial charge in [0.2, 0.25) is 0 Å². The molecule has 2 heterocycles. The first-order valence-corrected chi connectivity index (χ1v) is 10.7. The number of carbonyl (C=O) groups excluding carboxylic acids is 1. The van der Waals surface area contributed by atoms with Crippen LogP contribution in [0.25, 0.3) is 22.0 Å². The highest BCUT2D eigenvalue weighted by Crippen LogP contribution is 2.27. The lowest BCUT2D eigenvalue weighted by atomic mass is 9.96. The average Bonchev–Trinajstić information content (AvgIpc) is 3.20. The van der Waals surface area contributed by atoms with Crippen LogP contribution in [0.4, 0.5) is 0 Å². The largest absolute Gasteiger partial charge is 0.383 e. The molecule has 0 unspecified atom stereocenters. The van der Waals surface area contributed by atoms with Crippen LogP contribution < -0.4 is 5.32 Å². The molecule has 0 bridgehead atoms. The van der Waals surface area contributed by atoms with E-state index in [4.69, 9.17) is 4.74 Å². The van der Waals surface area contributed by atoms with Gasteiger partial charge in [-0.05, 0) is 67.6 Å². The van der Waals surface area contributed by atoms with E-state index in [1.54, 1.807) is 7.11 Å². The number of ether oxygens (including phenoxy) is 1. The number of aromatic nitrogens is 2. The third-order valence-corrected chi connectivity index (χ3v) is 6.10. The molecule has 0 radical (unpaired) electrons. The third-order valence-electron chi connectivity index (χ3n) is 6.10. The molecule has 30 heavy (non-hydrogen) atoms. The van der Waals surface area contributed by atoms with Crippen molar-refractivity contribution < 1.29 is 9.53 Å². The van der Waals surface area contributed by atoms with Gasteiger partial charge in [-0.2, -0.15) is 5.10 Å². The number of rotatable bonds is 7. The molecule has 1 aliphatic heterocycles. The molecule has 2 N–H and O–H groups in total. The summed E-state index contributed by atoms with van der Waals surface area (Å²) in [4.78, 5) is 15.3. The minimum Gasteiger partial charge on any atom is -0.383 e. The zero-order chi connectivity index (χ0) is 20.9. The van der Waals surface area contributed by atoms with Crippen molar-refractivity contribution in [3.8, 4) is 11.1 Å². The monoisotopic (exact) mass is 406 g/mol. The van der Waals surface area contributed by atoms with Crippen LogP contribution in [0.2, 0.25) is 0 Å². The number of H-pyrrole nitrogens is 1. The lowest BCUT2D eigenvalue weighted by Gasteiger charge is -2.31. The van der Waals surface area contributed by atoms with Crippen molar-refractivity contribution in [3.63, 3.8) is 0 Å². The number of carbonyl (C=O) groups is 1. The Morgan fingerprint density at radius 1 is 1.23 bits per heavy atom. The summed E-state index contributed by atoms with van der Waals surface area (Å²) in [7, 11) is 1.74. The van der Waals surface area contributed by atoms with Gasteiger partial charge >= 0.3 is 0 Å². The van der Waals surface area contributed by atoms with Gasteiger partial charge in [0.15, 0.2) is 5.69 Å². The van der Waals surface area contributed by atoms with E-state index in [1.807, 2.05) is 18.2 Å². The fourth-order valence-electron chi connectivity index (χ4n) is 4.21. The van der Waals surface area contributed by atoms with Gasteiger partial charge < -0.3 is 15.0 Å². The van der Waals surface area contributed by atoms with Crippen LogP contribution >= 0.6 is 0 Å². The fourth-order valence-corrected chi connectivity index (χ4v) is 4.21. The summed E-state index contributed by atoms with van der Waals surface area (Å²) in [6, 6.07) is 14.4. The molecule has 0 saturated carbocycles. The Morgan fingerprint density at radius 3 is 2.80 bits per heavy atom. The molecule has 2 aromatic carbocycles. The average molecular weight is 407 g/mol. The maximum Gasteiger partial charge on any atom is 0.272 e. The standard InChI is InChI=1S/C24H30N4O2/c1-17-5-3-4-6-20(17)19-7-8-22-21(15-19)23(27-26-22)24(29)25-16-18-9-11-28(12-10-18)13-14-30-2/h3-8,15,18H,9-14,16H2,1-2H3,(H,25,29)(H,26,27). The zero-order valence-electron chi connectivity index (χ0n) is 17.8. The van der Waals surface area contributed by atoms with Crippen molar-refractivity contribution in [2.24, 2.45) is 5.92 Å². The number of benzene rings is 2. The smallest absolute Gasteiger partial charge is 0.272 e. The van der Waals surface area contributed by atoms with E-state index in [-0.39, 0.29) is 5.91 Å². The van der Waals surface area contributed by atoms with Gasteiger partial charge in [-0.15, -0.1) is 0 Å². The van der Waals surface area contributed by atoms with E-state index in [9.17, 15) is 4.79 Å². The SMILES string of the molecule is COCCN1CCC(CNC(=O)c2n[nH]c3ccc(-c4ccccc4C)cc23)CC1. The van der Waals surface area contributed by atoms with Gasteiger partial charge in [0, 0.05) is 25.6 Å². The molecular formula is C24H30N4O2. The van der Waals surface area contributed by atoms with Gasteiger partial charge in [-0.1, -0.05) is 30.3 Å². The molecule has 1 saturated heterocycles. The van der Waals surface area contributed by atoms with Crippen LogP contribution in [0.5, 0.6) is 0 Å². The topological polar surface area (TPSA) is 70.2 Å². The summed E-state index contributed by atoms with van der Waals surface area (Å²) < 4.78 is 5.16. The number of likely N-dealkylation sites (tertiary alicyclic amines) is 1. The summed E-state index contributed by atoms with van der Waals surface area (Å²) in [5.74, 6) is 0.408. The molecule has 0 spiro atoms. The molecule has 0 atom stereocenters. The number of amides is 1. The van der Waals surface area contributed by atoms with E-state index in [2.05, 4.69) is 51.6 Å². The number of aryl methyl sites for hydroxylation is 1. The Bertz CT molecular complexity index is 1010. The Hall–Kier alpha value is -2.70. The Kier molecular flexibility index (Phi) is 6.45. The molecule has 1 aromatic heterocycles. The van der Waals surface area contributed by atoms with Crippen molar-refractivity contribution in [2.45, 2.75) is 19.8 Å². The summed E-state index contributed by atoms with van der Waals surface area (Å²) in [5, 5.41) is 11.3. The van der Waals surface area contributed by atoms with Gasteiger partial charge in [0.1, 0.15) is 0 Å². The summed E-state index contributed by atoms with van der Waals surface area (Å²) >= 11 is 0. The molecule has 1 amide bonds. The summed E-state index contributed by atoms with van der Waals surface area (Å²) in [6.07, 6.45) is 2.20. The van der Waals surface area contributed by atoms with Crippen LogP contribution in [-0.4, -0.2) is 60.9 Å². The minimum atomic E-state index is -0.106. The fraction of sp³-hybridized carbons (Fsp3) is 0.417. The van der Waals surface area contributed by atoms with Crippen LogP contribution in [0, 0.1) is 12.8 Å². The second-order valence-corrected chi connectivity index (χ2v) is 8.14. The Morgan fingerprint density at radius 2 is 2.03 bits per heavy atom. The number of hydrogen-bond donors (Lipinski definition) is 2. The minimum absolute atomic E-state index is 0.106. The number of nitrogens with zero attached hydrogens (tertiary/aromatic N) is 2. The van der Waals surface area contributed by atoms with Crippen molar-refractivity contribution in [1.82, 2.24) is 20.4 Å². The zero-order valence-corrected chi connectivity index (χ0v) is 17.8. The lowest BCUT2D eigenvalue weighted by Crippen LogP contribution is -2.39. The quantitative estimate of drug-likeness (QED) is 0.629. The number of methoxy groups -OCH3 is 1. The van der Waals surface area contributed by atoms with Gasteiger partial charge in [0.05, 0.1) is 12.1 Å². The van der Waals surface area contributed by atoms with Crippen molar-refractivity contribution in [3.05, 3.63) is 53.7 Å². The first-order valence-electron chi connectivity index (χ1n) is 10.7.